The molecule has 0 heterocycles. The van der Waals surface area contributed by atoms with E-state index < -0.39 is 0 Å². The Labute approximate surface area is 295 Å². The fourth-order valence-corrected chi connectivity index (χ4v) is 8.37. The molecule has 0 aromatic carbocycles. The zero-order chi connectivity index (χ0) is 33.7. The molecule has 1 atom stereocenters. The molecule has 0 aromatic heterocycles. The lowest BCUT2D eigenvalue weighted by atomic mass is 9.64. The van der Waals surface area contributed by atoms with E-state index in [1.54, 1.807) is 0 Å². The monoisotopic (exact) mass is 647 g/mol. The zero-order valence-electron chi connectivity index (χ0n) is 33.7. The van der Waals surface area contributed by atoms with Gasteiger partial charge in [-0.05, 0) is 30.6 Å². The molecular formula is C46H94. The van der Waals surface area contributed by atoms with Gasteiger partial charge in [-0.15, -0.1) is 0 Å². The van der Waals surface area contributed by atoms with Crippen molar-refractivity contribution in [2.45, 2.75) is 285 Å². The second-order valence-corrected chi connectivity index (χ2v) is 16.3. The van der Waals surface area contributed by atoms with E-state index in [4.69, 9.17) is 0 Å². The molecule has 0 aliphatic rings. The Morgan fingerprint density at radius 3 is 0.696 bits per heavy atom. The lowest BCUT2D eigenvalue weighted by Gasteiger charge is -2.41. The van der Waals surface area contributed by atoms with Crippen molar-refractivity contribution in [3.05, 3.63) is 0 Å². The maximum absolute atomic E-state index is 2.72. The fourth-order valence-electron chi connectivity index (χ4n) is 8.37. The summed E-state index contributed by atoms with van der Waals surface area (Å²) < 4.78 is 0. The normalized spacial score (nSPS) is 12.7. The van der Waals surface area contributed by atoms with Crippen molar-refractivity contribution in [1.82, 2.24) is 0 Å². The Balaban J connectivity index is 4.99. The van der Waals surface area contributed by atoms with Crippen LogP contribution in [0.2, 0.25) is 0 Å². The summed E-state index contributed by atoms with van der Waals surface area (Å²) in [5.41, 5.74) is 0.630. The molecule has 0 aliphatic carbocycles. The number of hydrogen-bond acceptors (Lipinski definition) is 0. The topological polar surface area (TPSA) is 0 Å². The van der Waals surface area contributed by atoms with Crippen LogP contribution in [0.15, 0.2) is 0 Å². The first-order chi connectivity index (χ1) is 22.7. The Bertz CT molecular complexity index is 514. The summed E-state index contributed by atoms with van der Waals surface area (Å²) in [5.74, 6) is 0.921. The van der Waals surface area contributed by atoms with Gasteiger partial charge < -0.3 is 0 Å². The fraction of sp³-hybridized carbons (Fsp3) is 1.00. The Kier molecular flexibility index (Phi) is 37.8. The van der Waals surface area contributed by atoms with E-state index >= 15 is 0 Å². The standard InChI is InChI=1S/C46H94/c1-6-10-14-18-22-26-27-28-32-36-40-44-46(42-38-34-30-24-20-16-12-8-3,43-39-35-31-25-21-17-13-9-4)45(5)41-37-33-29-23-19-15-11-7-2/h45H,6-44H2,1-5H3. The van der Waals surface area contributed by atoms with Crippen molar-refractivity contribution in [1.29, 1.82) is 0 Å². The molecular weight excluding hydrogens is 553 g/mol. The van der Waals surface area contributed by atoms with E-state index in [1.165, 1.54) is 250 Å². The first kappa shape index (κ1) is 46.0. The van der Waals surface area contributed by atoms with Gasteiger partial charge in [0.2, 0.25) is 0 Å². The third-order valence-corrected chi connectivity index (χ3v) is 11.9. The second kappa shape index (κ2) is 37.8. The van der Waals surface area contributed by atoms with E-state index in [0.29, 0.717) is 5.41 Å². The van der Waals surface area contributed by atoms with E-state index in [1.807, 2.05) is 0 Å². The molecule has 278 valence electrons. The maximum Gasteiger partial charge on any atom is -0.0272 e. The molecule has 0 bridgehead atoms. The van der Waals surface area contributed by atoms with Gasteiger partial charge in [0.1, 0.15) is 0 Å². The lowest BCUT2D eigenvalue weighted by Crippen LogP contribution is -2.29. The van der Waals surface area contributed by atoms with E-state index in [0.717, 1.165) is 5.92 Å². The summed E-state index contributed by atoms with van der Waals surface area (Å²) in [6.45, 7) is 12.1. The van der Waals surface area contributed by atoms with Crippen molar-refractivity contribution in [3.63, 3.8) is 0 Å². The Morgan fingerprint density at radius 1 is 0.261 bits per heavy atom. The summed E-state index contributed by atoms with van der Waals surface area (Å²) >= 11 is 0. The molecule has 0 radical (unpaired) electrons. The smallest absolute Gasteiger partial charge is 0.0272 e. The molecule has 0 amide bonds. The van der Waals surface area contributed by atoms with Gasteiger partial charge in [-0.1, -0.05) is 266 Å². The molecule has 0 rings (SSSR count). The van der Waals surface area contributed by atoms with Crippen LogP contribution in [0, 0.1) is 11.3 Å². The van der Waals surface area contributed by atoms with Crippen LogP contribution < -0.4 is 0 Å². The summed E-state index contributed by atoms with van der Waals surface area (Å²) in [5, 5.41) is 0. The van der Waals surface area contributed by atoms with E-state index in [2.05, 4.69) is 34.6 Å². The van der Waals surface area contributed by atoms with Gasteiger partial charge >= 0.3 is 0 Å². The van der Waals surface area contributed by atoms with Gasteiger partial charge in [0, 0.05) is 0 Å². The summed E-state index contributed by atoms with van der Waals surface area (Å²) in [6, 6.07) is 0. The van der Waals surface area contributed by atoms with Crippen molar-refractivity contribution in [2.75, 3.05) is 0 Å². The maximum atomic E-state index is 2.72. The molecule has 0 nitrogen and oxygen atoms in total. The summed E-state index contributed by atoms with van der Waals surface area (Å²) in [7, 11) is 0. The van der Waals surface area contributed by atoms with E-state index in [-0.39, 0.29) is 0 Å². The molecule has 0 saturated heterocycles. The minimum absolute atomic E-state index is 0.630. The summed E-state index contributed by atoms with van der Waals surface area (Å²) in [4.78, 5) is 0. The van der Waals surface area contributed by atoms with Gasteiger partial charge in [-0.2, -0.15) is 0 Å². The van der Waals surface area contributed by atoms with Crippen LogP contribution in [0.5, 0.6) is 0 Å². The molecule has 0 spiro atoms. The average molecular weight is 647 g/mol. The van der Waals surface area contributed by atoms with Crippen LogP contribution in [0.4, 0.5) is 0 Å². The van der Waals surface area contributed by atoms with Crippen molar-refractivity contribution < 1.29 is 0 Å². The number of hydrogen-bond donors (Lipinski definition) is 0. The SMILES string of the molecule is CCCCCCCCCCCCCC(CCCCCCCCCC)(CCCCCCCCCC)C(C)CCCCCCCCCC. The Hall–Kier alpha value is 0. The lowest BCUT2D eigenvalue weighted by molar-refractivity contribution is 0.102. The number of rotatable bonds is 40. The van der Waals surface area contributed by atoms with Crippen LogP contribution in [0.25, 0.3) is 0 Å². The molecule has 46 heavy (non-hydrogen) atoms. The molecule has 0 saturated carbocycles. The largest absolute Gasteiger partial charge is 0.0654 e. The minimum Gasteiger partial charge on any atom is -0.0654 e. The highest BCUT2D eigenvalue weighted by Crippen LogP contribution is 2.46. The molecule has 0 aliphatic heterocycles. The van der Waals surface area contributed by atoms with Gasteiger partial charge in [-0.25, -0.2) is 0 Å². The molecule has 0 heteroatoms. The van der Waals surface area contributed by atoms with Crippen LogP contribution >= 0.6 is 0 Å². The van der Waals surface area contributed by atoms with Crippen molar-refractivity contribution >= 4 is 0 Å². The van der Waals surface area contributed by atoms with Gasteiger partial charge in [-0.3, -0.25) is 0 Å². The van der Waals surface area contributed by atoms with Crippen molar-refractivity contribution in [2.24, 2.45) is 11.3 Å². The average Bonchev–Trinajstić information content (AvgIpc) is 3.06. The minimum atomic E-state index is 0.630. The zero-order valence-corrected chi connectivity index (χ0v) is 33.7. The van der Waals surface area contributed by atoms with Crippen LogP contribution in [0.1, 0.15) is 285 Å². The summed E-state index contributed by atoms with van der Waals surface area (Å²) in [6.07, 6.45) is 57.5. The molecule has 0 fully saturated rings. The highest BCUT2D eigenvalue weighted by molar-refractivity contribution is 4.85. The van der Waals surface area contributed by atoms with E-state index in [9.17, 15) is 0 Å². The van der Waals surface area contributed by atoms with Crippen LogP contribution in [-0.4, -0.2) is 0 Å². The second-order valence-electron chi connectivity index (χ2n) is 16.3. The Morgan fingerprint density at radius 2 is 0.457 bits per heavy atom. The van der Waals surface area contributed by atoms with Crippen molar-refractivity contribution in [3.8, 4) is 0 Å². The molecule has 1 unspecified atom stereocenters. The number of unbranched alkanes of at least 4 members (excludes halogenated alkanes) is 31. The third-order valence-electron chi connectivity index (χ3n) is 11.9. The highest BCUT2D eigenvalue weighted by Gasteiger charge is 2.34. The molecule has 0 N–H and O–H groups in total. The molecule has 0 aromatic rings. The quantitative estimate of drug-likeness (QED) is 0.0581. The predicted molar refractivity (Wildman–Crippen MR) is 214 cm³/mol. The van der Waals surface area contributed by atoms with Crippen LogP contribution in [-0.2, 0) is 0 Å². The highest BCUT2D eigenvalue weighted by atomic mass is 14.4. The van der Waals surface area contributed by atoms with Crippen LogP contribution in [0.3, 0.4) is 0 Å². The third kappa shape index (κ3) is 30.1. The first-order valence-corrected chi connectivity index (χ1v) is 22.7. The van der Waals surface area contributed by atoms with Gasteiger partial charge in [0.15, 0.2) is 0 Å². The first-order valence-electron chi connectivity index (χ1n) is 22.7. The van der Waals surface area contributed by atoms with Gasteiger partial charge in [0.05, 0.1) is 0 Å². The van der Waals surface area contributed by atoms with Gasteiger partial charge in [0.25, 0.3) is 0 Å². The predicted octanol–water partition coefficient (Wildman–Crippen LogP) is 17.9.